The average Bonchev–Trinajstić information content (AvgIpc) is 2.72. The van der Waals surface area contributed by atoms with Gasteiger partial charge in [0.25, 0.3) is 0 Å². The number of rotatable bonds is 2. The summed E-state index contributed by atoms with van der Waals surface area (Å²) in [6.45, 7) is 0. The van der Waals surface area contributed by atoms with E-state index in [2.05, 4.69) is 0 Å². The summed E-state index contributed by atoms with van der Waals surface area (Å²) in [5.74, 6) is -0.896. The van der Waals surface area contributed by atoms with E-state index in [-0.39, 0.29) is 34.2 Å². The van der Waals surface area contributed by atoms with Crippen molar-refractivity contribution in [1.29, 1.82) is 0 Å². The molecule has 4 nitrogen and oxygen atoms in total. The number of benzene rings is 1. The van der Waals surface area contributed by atoms with Crippen LogP contribution in [0.5, 0.6) is 5.75 Å². The molecule has 0 bridgehead atoms. The van der Waals surface area contributed by atoms with Gasteiger partial charge in [-0.25, -0.2) is 4.39 Å². The average molecular weight is 314 g/mol. The van der Waals surface area contributed by atoms with Crippen molar-refractivity contribution in [3.05, 3.63) is 23.0 Å². The van der Waals surface area contributed by atoms with Crippen molar-refractivity contribution in [3.8, 4) is 5.75 Å². The maximum atomic E-state index is 14.2. The molecule has 1 saturated heterocycles. The van der Waals surface area contributed by atoms with E-state index in [1.54, 1.807) is 0 Å². The van der Waals surface area contributed by atoms with Crippen LogP contribution in [0.1, 0.15) is 25.7 Å². The van der Waals surface area contributed by atoms with Gasteiger partial charge in [0.15, 0.2) is 0 Å². The van der Waals surface area contributed by atoms with Crippen molar-refractivity contribution >= 4 is 23.2 Å². The van der Waals surface area contributed by atoms with Crippen LogP contribution in [0, 0.1) is 17.7 Å². The number of amides is 1. The summed E-state index contributed by atoms with van der Waals surface area (Å²) in [7, 11) is 1.42. The molecule has 6 heteroatoms. The summed E-state index contributed by atoms with van der Waals surface area (Å²) in [5.41, 5.74) is 0.0307. The fraction of sp³-hybridized carbons (Fsp3) is 0.533. The Labute approximate surface area is 127 Å². The minimum atomic E-state index is -0.983. The van der Waals surface area contributed by atoms with Gasteiger partial charge in [0.2, 0.25) is 5.91 Å². The number of hydrogen-bond donors (Lipinski definition) is 1. The van der Waals surface area contributed by atoms with Gasteiger partial charge < -0.3 is 9.84 Å². The van der Waals surface area contributed by atoms with E-state index in [4.69, 9.17) is 16.3 Å². The van der Waals surface area contributed by atoms with Crippen molar-refractivity contribution in [2.75, 3.05) is 12.0 Å². The molecular formula is C15H17ClFNO3. The Balaban J connectivity index is 2.02. The normalized spacial score (nSPS) is 28.7. The highest BCUT2D eigenvalue weighted by Gasteiger charge is 2.49. The molecule has 0 spiro atoms. The zero-order valence-electron chi connectivity index (χ0n) is 11.7. The third-order valence-corrected chi connectivity index (χ3v) is 4.80. The van der Waals surface area contributed by atoms with Crippen LogP contribution in [-0.4, -0.2) is 24.4 Å². The van der Waals surface area contributed by atoms with Gasteiger partial charge in [-0.05, 0) is 18.9 Å². The zero-order chi connectivity index (χ0) is 15.1. The molecule has 0 aromatic heterocycles. The number of halogens is 2. The molecule has 2 aliphatic rings. The molecule has 21 heavy (non-hydrogen) atoms. The van der Waals surface area contributed by atoms with Crippen LogP contribution >= 0.6 is 11.6 Å². The number of fused-ring (bicyclic) bond motifs is 1. The summed E-state index contributed by atoms with van der Waals surface area (Å²) in [6, 6.07) is 2.48. The van der Waals surface area contributed by atoms with Crippen molar-refractivity contribution in [1.82, 2.24) is 0 Å². The molecule has 1 amide bonds. The Bertz CT molecular complexity index is 580. The Morgan fingerprint density at radius 1 is 1.38 bits per heavy atom. The Morgan fingerprint density at radius 2 is 2.10 bits per heavy atom. The molecule has 1 saturated carbocycles. The third-order valence-electron chi connectivity index (χ3n) is 4.50. The monoisotopic (exact) mass is 313 g/mol. The van der Waals surface area contributed by atoms with E-state index in [0.29, 0.717) is 0 Å². The molecule has 3 atom stereocenters. The topological polar surface area (TPSA) is 49.8 Å². The molecule has 1 aliphatic carbocycles. The number of aliphatic hydroxyl groups excluding tert-OH is 1. The molecule has 1 aromatic rings. The first kappa shape index (κ1) is 14.6. The van der Waals surface area contributed by atoms with Crippen LogP contribution in [0.3, 0.4) is 0 Å². The Kier molecular flexibility index (Phi) is 3.80. The summed E-state index contributed by atoms with van der Waals surface area (Å²) in [4.78, 5) is 13.7. The molecule has 1 aromatic carbocycles. The van der Waals surface area contributed by atoms with Gasteiger partial charge in [-0.15, -0.1) is 0 Å². The van der Waals surface area contributed by atoms with E-state index in [1.807, 2.05) is 0 Å². The van der Waals surface area contributed by atoms with Gasteiger partial charge in [0.1, 0.15) is 17.8 Å². The molecule has 114 valence electrons. The Morgan fingerprint density at radius 3 is 2.76 bits per heavy atom. The molecule has 1 heterocycles. The number of carbonyl (C=O) groups is 1. The molecular weight excluding hydrogens is 297 g/mol. The number of methoxy groups -OCH3 is 1. The zero-order valence-corrected chi connectivity index (χ0v) is 12.4. The highest BCUT2D eigenvalue weighted by molar-refractivity contribution is 6.32. The Hall–Kier alpha value is -1.33. The number of carbonyl (C=O) groups excluding carboxylic acids is 1. The second kappa shape index (κ2) is 5.46. The van der Waals surface area contributed by atoms with E-state index >= 15 is 0 Å². The highest BCUT2D eigenvalue weighted by atomic mass is 35.5. The molecule has 1 aliphatic heterocycles. The lowest BCUT2D eigenvalue weighted by Crippen LogP contribution is -2.35. The van der Waals surface area contributed by atoms with Gasteiger partial charge in [-0.1, -0.05) is 24.4 Å². The molecule has 0 radical (unpaired) electrons. The minimum absolute atomic E-state index is 0.0307. The summed E-state index contributed by atoms with van der Waals surface area (Å²) in [6.07, 6.45) is 2.53. The van der Waals surface area contributed by atoms with Crippen molar-refractivity contribution in [2.45, 2.75) is 31.9 Å². The number of aliphatic hydroxyl groups is 1. The first-order chi connectivity index (χ1) is 10.0. The predicted octanol–water partition coefficient (Wildman–Crippen LogP) is 2.96. The fourth-order valence-electron chi connectivity index (χ4n) is 3.44. The largest absolute Gasteiger partial charge is 0.495 e. The number of nitrogens with zero attached hydrogens (tertiary/aromatic N) is 1. The van der Waals surface area contributed by atoms with E-state index in [1.165, 1.54) is 13.2 Å². The van der Waals surface area contributed by atoms with E-state index in [9.17, 15) is 14.3 Å². The summed E-state index contributed by atoms with van der Waals surface area (Å²) >= 11 is 5.87. The van der Waals surface area contributed by atoms with Crippen molar-refractivity contribution in [3.63, 3.8) is 0 Å². The maximum Gasteiger partial charge on any atom is 0.232 e. The first-order valence-electron chi connectivity index (χ1n) is 7.08. The highest BCUT2D eigenvalue weighted by Crippen LogP contribution is 2.44. The lowest BCUT2D eigenvalue weighted by molar-refractivity contribution is -0.121. The van der Waals surface area contributed by atoms with Crippen LogP contribution < -0.4 is 9.64 Å². The first-order valence-corrected chi connectivity index (χ1v) is 7.46. The quantitative estimate of drug-likeness (QED) is 0.913. The minimum Gasteiger partial charge on any atom is -0.495 e. The predicted molar refractivity (Wildman–Crippen MR) is 76.9 cm³/mol. The standard InChI is InChI=1S/C15H17ClFNO3/c1-21-13-7-12(11(17)6-10(13)16)18-14(19)8-4-2-3-5-9(8)15(18)20/h6-9,14,19H,2-5H2,1H3. The molecule has 1 N–H and O–H groups in total. The van der Waals surface area contributed by atoms with Gasteiger partial charge in [-0.2, -0.15) is 0 Å². The second-order valence-electron chi connectivity index (χ2n) is 5.61. The number of ether oxygens (including phenoxy) is 1. The fourth-order valence-corrected chi connectivity index (χ4v) is 3.67. The van der Waals surface area contributed by atoms with Gasteiger partial charge >= 0.3 is 0 Å². The van der Waals surface area contributed by atoms with Gasteiger partial charge in [0, 0.05) is 17.9 Å². The summed E-state index contributed by atoms with van der Waals surface area (Å²) in [5, 5.41) is 10.6. The van der Waals surface area contributed by atoms with Crippen LogP contribution in [0.2, 0.25) is 5.02 Å². The smallest absolute Gasteiger partial charge is 0.232 e. The van der Waals surface area contributed by atoms with Gasteiger partial charge in [0.05, 0.1) is 17.8 Å². The molecule has 3 rings (SSSR count). The second-order valence-corrected chi connectivity index (χ2v) is 6.02. The number of hydrogen-bond acceptors (Lipinski definition) is 3. The maximum absolute atomic E-state index is 14.2. The number of anilines is 1. The molecule has 2 fully saturated rings. The van der Waals surface area contributed by atoms with Crippen LogP contribution in [0.4, 0.5) is 10.1 Å². The van der Waals surface area contributed by atoms with Crippen molar-refractivity contribution in [2.24, 2.45) is 11.8 Å². The van der Waals surface area contributed by atoms with Crippen LogP contribution in [-0.2, 0) is 4.79 Å². The lowest BCUT2D eigenvalue weighted by atomic mass is 9.81. The van der Waals surface area contributed by atoms with Crippen LogP contribution in [0.25, 0.3) is 0 Å². The summed E-state index contributed by atoms with van der Waals surface area (Å²) < 4.78 is 19.3. The van der Waals surface area contributed by atoms with E-state index in [0.717, 1.165) is 36.6 Å². The lowest BCUT2D eigenvalue weighted by Gasteiger charge is -2.26. The van der Waals surface area contributed by atoms with Crippen molar-refractivity contribution < 1.29 is 19.0 Å². The van der Waals surface area contributed by atoms with E-state index < -0.39 is 12.0 Å². The van der Waals surface area contributed by atoms with Gasteiger partial charge in [-0.3, -0.25) is 9.69 Å². The SMILES string of the molecule is COc1cc(N2C(=O)C3CCCCC3C2O)c(F)cc1Cl. The third kappa shape index (κ3) is 2.28. The van der Waals surface area contributed by atoms with Crippen LogP contribution in [0.15, 0.2) is 12.1 Å². The molecule has 3 unspecified atom stereocenters.